The molecule has 2 heterocycles. The van der Waals surface area contributed by atoms with Crippen molar-refractivity contribution in [2.75, 3.05) is 26.2 Å². The lowest BCUT2D eigenvalue weighted by Gasteiger charge is -2.28. The van der Waals surface area contributed by atoms with Gasteiger partial charge in [-0.3, -0.25) is 4.79 Å². The fourth-order valence-electron chi connectivity index (χ4n) is 4.38. The highest BCUT2D eigenvalue weighted by Gasteiger charge is 2.32. The molecule has 0 bridgehead atoms. The molecule has 0 unspecified atom stereocenters. The highest BCUT2D eigenvalue weighted by atomic mass is 19.4. The van der Waals surface area contributed by atoms with E-state index >= 15 is 0 Å². The van der Waals surface area contributed by atoms with Crippen LogP contribution in [0.1, 0.15) is 41.6 Å². The lowest BCUT2D eigenvalue weighted by Crippen LogP contribution is -2.42. The van der Waals surface area contributed by atoms with Gasteiger partial charge in [-0.15, -0.1) is 0 Å². The van der Waals surface area contributed by atoms with Gasteiger partial charge in [-0.05, 0) is 74.2 Å². The van der Waals surface area contributed by atoms with E-state index in [1.54, 1.807) is 24.3 Å². The number of alkyl halides is 3. The van der Waals surface area contributed by atoms with Gasteiger partial charge in [0, 0.05) is 24.7 Å². The molecule has 0 radical (unpaired) electrons. The average molecular weight is 402 g/mol. The zero-order valence-corrected chi connectivity index (χ0v) is 16.3. The van der Waals surface area contributed by atoms with Gasteiger partial charge in [0.1, 0.15) is 0 Å². The number of hydrogen-bond donors (Lipinski definition) is 0. The van der Waals surface area contributed by atoms with Gasteiger partial charge in [0.05, 0.1) is 5.56 Å². The third-order valence-electron chi connectivity index (χ3n) is 5.98. The van der Waals surface area contributed by atoms with Crippen LogP contribution in [0.5, 0.6) is 0 Å². The van der Waals surface area contributed by atoms with Gasteiger partial charge in [0.25, 0.3) is 5.91 Å². The van der Waals surface area contributed by atoms with Crippen LogP contribution < -0.4 is 0 Å². The minimum Gasteiger partial charge on any atom is -0.334 e. The highest BCUT2D eigenvalue weighted by Crippen LogP contribution is 2.31. The van der Waals surface area contributed by atoms with Gasteiger partial charge >= 0.3 is 6.18 Å². The number of hydrogen-bond acceptors (Lipinski definition) is 2. The van der Waals surface area contributed by atoms with Crippen LogP contribution in [0.3, 0.4) is 0 Å². The summed E-state index contributed by atoms with van der Waals surface area (Å²) < 4.78 is 38.2. The van der Waals surface area contributed by atoms with Crippen molar-refractivity contribution in [3.63, 3.8) is 0 Å². The average Bonchev–Trinajstić information content (AvgIpc) is 3.39. The Bertz CT molecular complexity index is 840. The van der Waals surface area contributed by atoms with E-state index < -0.39 is 11.7 Å². The van der Waals surface area contributed by atoms with Crippen LogP contribution in [0.25, 0.3) is 11.1 Å². The predicted octanol–water partition coefficient (Wildman–Crippen LogP) is 5.07. The van der Waals surface area contributed by atoms with Crippen molar-refractivity contribution in [3.8, 4) is 11.1 Å². The highest BCUT2D eigenvalue weighted by molar-refractivity contribution is 5.95. The van der Waals surface area contributed by atoms with Gasteiger partial charge in [0.2, 0.25) is 0 Å². The number of benzene rings is 2. The fourth-order valence-corrected chi connectivity index (χ4v) is 4.38. The van der Waals surface area contributed by atoms with E-state index in [0.717, 1.165) is 56.7 Å². The molecule has 1 amide bonds. The van der Waals surface area contributed by atoms with E-state index in [1.165, 1.54) is 25.0 Å². The van der Waals surface area contributed by atoms with Crippen LogP contribution in [0.4, 0.5) is 13.2 Å². The van der Waals surface area contributed by atoms with Gasteiger partial charge in [-0.1, -0.05) is 24.3 Å². The van der Waals surface area contributed by atoms with Gasteiger partial charge in [-0.2, -0.15) is 13.2 Å². The normalized spacial score (nSPS) is 20.4. The minimum absolute atomic E-state index is 0.0469. The maximum atomic E-state index is 13.0. The van der Waals surface area contributed by atoms with Crippen molar-refractivity contribution in [1.29, 1.82) is 0 Å². The van der Waals surface area contributed by atoms with Gasteiger partial charge in [-0.25, -0.2) is 0 Å². The van der Waals surface area contributed by atoms with Crippen molar-refractivity contribution in [2.24, 2.45) is 0 Å². The smallest absolute Gasteiger partial charge is 0.334 e. The van der Waals surface area contributed by atoms with Crippen LogP contribution in [0.15, 0.2) is 48.5 Å². The minimum atomic E-state index is -4.34. The molecule has 6 heteroatoms. The number of carbonyl (C=O) groups is 1. The molecule has 2 aliphatic heterocycles. The molecule has 29 heavy (non-hydrogen) atoms. The lowest BCUT2D eigenvalue weighted by atomic mass is 10.0. The Hall–Kier alpha value is -2.34. The zero-order valence-electron chi connectivity index (χ0n) is 16.3. The van der Waals surface area contributed by atoms with Crippen molar-refractivity contribution in [3.05, 3.63) is 59.7 Å². The summed E-state index contributed by atoms with van der Waals surface area (Å²) in [6.07, 6.45) is 0.230. The van der Waals surface area contributed by atoms with Gasteiger partial charge < -0.3 is 9.80 Å². The summed E-state index contributed by atoms with van der Waals surface area (Å²) in [6.45, 7) is 3.99. The first-order chi connectivity index (χ1) is 13.9. The molecule has 2 fully saturated rings. The van der Waals surface area contributed by atoms with E-state index in [0.29, 0.717) is 11.1 Å². The van der Waals surface area contributed by atoms with E-state index in [2.05, 4.69) is 4.90 Å². The molecule has 0 N–H and O–H groups in total. The predicted molar refractivity (Wildman–Crippen MR) is 107 cm³/mol. The van der Waals surface area contributed by atoms with E-state index in [-0.39, 0.29) is 11.9 Å². The summed E-state index contributed by atoms with van der Waals surface area (Å²) in [5.74, 6) is 0.0469. The van der Waals surface area contributed by atoms with E-state index in [9.17, 15) is 18.0 Å². The fraction of sp³-hybridized carbons (Fsp3) is 0.435. The largest absolute Gasteiger partial charge is 0.416 e. The Balaban J connectivity index is 1.45. The Morgan fingerprint density at radius 2 is 1.45 bits per heavy atom. The Morgan fingerprint density at radius 1 is 0.862 bits per heavy atom. The maximum Gasteiger partial charge on any atom is 0.416 e. The summed E-state index contributed by atoms with van der Waals surface area (Å²) >= 11 is 0. The van der Waals surface area contributed by atoms with Crippen LogP contribution in [-0.2, 0) is 6.18 Å². The number of halogens is 3. The molecule has 1 atom stereocenters. The molecule has 0 spiro atoms. The standard InChI is InChI=1S/C23H25F3N2O/c24-23(25,26)20-11-9-18(10-12-20)17-5-7-19(8-6-17)22(29)28-15-3-4-21(28)16-27-13-1-2-14-27/h5-12,21H,1-4,13-16H2/t21-/m1/s1. The number of likely N-dealkylation sites (tertiary alicyclic amines) is 2. The number of carbonyl (C=O) groups excluding carboxylic acids is 1. The van der Waals surface area contributed by atoms with Crippen molar-refractivity contribution >= 4 is 5.91 Å². The Labute approximate surface area is 169 Å². The number of rotatable bonds is 4. The van der Waals surface area contributed by atoms with Crippen LogP contribution in [-0.4, -0.2) is 47.9 Å². The van der Waals surface area contributed by atoms with E-state index in [1.807, 2.05) is 4.90 Å². The molecular weight excluding hydrogens is 377 g/mol. The Morgan fingerprint density at radius 3 is 2.03 bits per heavy atom. The van der Waals surface area contributed by atoms with Crippen LogP contribution in [0, 0.1) is 0 Å². The second-order valence-electron chi connectivity index (χ2n) is 7.95. The zero-order chi connectivity index (χ0) is 20.4. The third-order valence-corrected chi connectivity index (χ3v) is 5.98. The van der Waals surface area contributed by atoms with Crippen molar-refractivity contribution in [2.45, 2.75) is 37.9 Å². The first kappa shape index (κ1) is 20.0. The first-order valence-corrected chi connectivity index (χ1v) is 10.2. The van der Waals surface area contributed by atoms with Crippen molar-refractivity contribution < 1.29 is 18.0 Å². The van der Waals surface area contributed by atoms with Crippen LogP contribution >= 0.6 is 0 Å². The summed E-state index contributed by atoms with van der Waals surface area (Å²) in [5, 5.41) is 0. The summed E-state index contributed by atoms with van der Waals surface area (Å²) in [6, 6.07) is 12.5. The molecule has 4 rings (SSSR count). The molecule has 0 saturated carbocycles. The van der Waals surface area contributed by atoms with E-state index in [4.69, 9.17) is 0 Å². The molecule has 2 aromatic rings. The quantitative estimate of drug-likeness (QED) is 0.713. The summed E-state index contributed by atoms with van der Waals surface area (Å²) in [7, 11) is 0. The number of nitrogens with zero attached hydrogens (tertiary/aromatic N) is 2. The molecule has 3 nitrogen and oxygen atoms in total. The number of amides is 1. The molecular formula is C23H25F3N2O. The maximum absolute atomic E-state index is 13.0. The Kier molecular flexibility index (Phi) is 5.63. The summed E-state index contributed by atoms with van der Waals surface area (Å²) in [4.78, 5) is 17.5. The second kappa shape index (κ2) is 8.19. The van der Waals surface area contributed by atoms with Crippen molar-refractivity contribution in [1.82, 2.24) is 9.80 Å². The topological polar surface area (TPSA) is 23.6 Å². The van der Waals surface area contributed by atoms with Crippen LogP contribution in [0.2, 0.25) is 0 Å². The lowest BCUT2D eigenvalue weighted by molar-refractivity contribution is -0.137. The second-order valence-corrected chi connectivity index (χ2v) is 7.95. The van der Waals surface area contributed by atoms with Gasteiger partial charge in [0.15, 0.2) is 0 Å². The monoisotopic (exact) mass is 402 g/mol. The molecule has 0 aliphatic carbocycles. The molecule has 2 aromatic carbocycles. The summed E-state index contributed by atoms with van der Waals surface area (Å²) in [5.41, 5.74) is 1.47. The first-order valence-electron chi connectivity index (χ1n) is 10.2. The molecule has 2 aliphatic rings. The third kappa shape index (κ3) is 4.47. The SMILES string of the molecule is O=C(c1ccc(-c2ccc(C(F)(F)F)cc2)cc1)N1CCC[C@@H]1CN1CCCC1. The molecule has 2 saturated heterocycles. The molecule has 0 aromatic heterocycles. The molecule has 154 valence electrons.